The average Bonchev–Trinajstić information content (AvgIpc) is 2.34. The first kappa shape index (κ1) is 13.1. The van der Waals surface area contributed by atoms with Crippen LogP contribution in [0, 0.1) is 17.1 Å². The molecule has 0 radical (unpaired) electrons. The summed E-state index contributed by atoms with van der Waals surface area (Å²) in [7, 11) is 0. The molecule has 0 fully saturated rings. The van der Waals surface area contributed by atoms with E-state index in [9.17, 15) is 4.39 Å². The Kier molecular flexibility index (Phi) is 4.00. The van der Waals surface area contributed by atoms with Crippen LogP contribution >= 0.6 is 31.9 Å². The number of rotatable bonds is 2. The van der Waals surface area contributed by atoms with Gasteiger partial charge in [0.2, 0.25) is 0 Å². The van der Waals surface area contributed by atoms with Crippen LogP contribution in [0.3, 0.4) is 0 Å². The van der Waals surface area contributed by atoms with Crippen LogP contribution in [-0.2, 0) is 0 Å². The molecule has 0 N–H and O–H groups in total. The first-order valence-corrected chi connectivity index (χ1v) is 6.51. The van der Waals surface area contributed by atoms with Crippen molar-refractivity contribution in [3.05, 3.63) is 56.7 Å². The molecule has 2 nitrogen and oxygen atoms in total. The van der Waals surface area contributed by atoms with E-state index in [1.807, 2.05) is 6.07 Å². The molecule has 0 heterocycles. The zero-order chi connectivity index (χ0) is 13.1. The van der Waals surface area contributed by atoms with Crippen LogP contribution in [0.25, 0.3) is 0 Å². The van der Waals surface area contributed by atoms with E-state index in [1.54, 1.807) is 24.3 Å². The molecule has 5 heteroatoms. The number of benzene rings is 2. The van der Waals surface area contributed by atoms with Crippen LogP contribution in [0.2, 0.25) is 0 Å². The molecule has 0 aromatic heterocycles. The van der Waals surface area contributed by atoms with Gasteiger partial charge in [-0.2, -0.15) is 5.26 Å². The minimum Gasteiger partial charge on any atom is -0.453 e. The van der Waals surface area contributed by atoms with Crippen molar-refractivity contribution in [1.82, 2.24) is 0 Å². The fourth-order valence-corrected chi connectivity index (χ4v) is 2.03. The van der Waals surface area contributed by atoms with Crippen molar-refractivity contribution in [1.29, 1.82) is 5.26 Å². The largest absolute Gasteiger partial charge is 0.453 e. The van der Waals surface area contributed by atoms with E-state index in [2.05, 4.69) is 31.9 Å². The highest BCUT2D eigenvalue weighted by Gasteiger charge is 2.09. The van der Waals surface area contributed by atoms with Crippen molar-refractivity contribution in [2.24, 2.45) is 0 Å². The standard InChI is InChI=1S/C13H6Br2FNO/c14-9-2-1-8(7-17)12(5-9)18-13-6-10(15)3-4-11(13)16/h1-6H. The van der Waals surface area contributed by atoms with Crippen LogP contribution in [0.15, 0.2) is 45.3 Å². The maximum absolute atomic E-state index is 13.6. The third-order valence-corrected chi connectivity index (χ3v) is 3.16. The highest BCUT2D eigenvalue weighted by Crippen LogP contribution is 2.31. The van der Waals surface area contributed by atoms with E-state index < -0.39 is 5.82 Å². The molecule has 0 saturated heterocycles. The van der Waals surface area contributed by atoms with Crippen molar-refractivity contribution in [2.75, 3.05) is 0 Å². The number of ether oxygens (including phenoxy) is 1. The Labute approximate surface area is 120 Å². The van der Waals surface area contributed by atoms with Gasteiger partial charge in [0, 0.05) is 8.95 Å². The fraction of sp³-hybridized carbons (Fsp3) is 0. The summed E-state index contributed by atoms with van der Waals surface area (Å²) in [4.78, 5) is 0. The Balaban J connectivity index is 2.43. The smallest absolute Gasteiger partial charge is 0.165 e. The molecule has 2 aromatic carbocycles. The molecule has 2 rings (SSSR count). The van der Waals surface area contributed by atoms with Gasteiger partial charge < -0.3 is 4.74 Å². The summed E-state index contributed by atoms with van der Waals surface area (Å²) in [5.41, 5.74) is 0.345. The summed E-state index contributed by atoms with van der Waals surface area (Å²) in [5, 5.41) is 8.96. The van der Waals surface area contributed by atoms with E-state index in [0.29, 0.717) is 15.8 Å². The van der Waals surface area contributed by atoms with Crippen LogP contribution in [0.5, 0.6) is 11.5 Å². The second-order valence-electron chi connectivity index (χ2n) is 3.43. The van der Waals surface area contributed by atoms with Crippen molar-refractivity contribution >= 4 is 31.9 Å². The first-order chi connectivity index (χ1) is 8.60. The molecular formula is C13H6Br2FNO. The lowest BCUT2D eigenvalue weighted by atomic mass is 10.2. The van der Waals surface area contributed by atoms with Gasteiger partial charge in [-0.1, -0.05) is 31.9 Å². The van der Waals surface area contributed by atoms with Gasteiger partial charge in [0.25, 0.3) is 0 Å². The van der Waals surface area contributed by atoms with Crippen LogP contribution < -0.4 is 4.74 Å². The predicted octanol–water partition coefficient (Wildman–Crippen LogP) is 5.01. The minimum absolute atomic E-state index is 0.0685. The SMILES string of the molecule is N#Cc1ccc(Br)cc1Oc1cc(Br)ccc1F. The van der Waals surface area contributed by atoms with Crippen molar-refractivity contribution in [3.8, 4) is 17.6 Å². The number of hydrogen-bond donors (Lipinski definition) is 0. The van der Waals surface area contributed by atoms with Gasteiger partial charge in [-0.15, -0.1) is 0 Å². The second-order valence-corrected chi connectivity index (χ2v) is 5.26. The first-order valence-electron chi connectivity index (χ1n) is 4.92. The Morgan fingerprint density at radius 3 is 2.28 bits per heavy atom. The third-order valence-electron chi connectivity index (χ3n) is 2.18. The number of halogens is 3. The van der Waals surface area contributed by atoms with Crippen LogP contribution in [0.4, 0.5) is 4.39 Å². The molecule has 0 aliphatic carbocycles. The van der Waals surface area contributed by atoms with E-state index in [1.165, 1.54) is 12.1 Å². The van der Waals surface area contributed by atoms with Gasteiger partial charge in [-0.3, -0.25) is 0 Å². The molecule has 0 spiro atoms. The normalized spacial score (nSPS) is 9.89. The zero-order valence-corrected chi connectivity index (χ0v) is 12.1. The van der Waals surface area contributed by atoms with Crippen molar-refractivity contribution in [2.45, 2.75) is 0 Å². The summed E-state index contributed by atoms with van der Waals surface area (Å²) in [6.07, 6.45) is 0. The summed E-state index contributed by atoms with van der Waals surface area (Å²) >= 11 is 6.52. The fourth-order valence-electron chi connectivity index (χ4n) is 1.35. The molecule has 18 heavy (non-hydrogen) atoms. The average molecular weight is 371 g/mol. The van der Waals surface area contributed by atoms with Gasteiger partial charge in [-0.05, 0) is 36.4 Å². The lowest BCUT2D eigenvalue weighted by Gasteiger charge is -2.09. The van der Waals surface area contributed by atoms with E-state index in [-0.39, 0.29) is 5.75 Å². The third kappa shape index (κ3) is 2.89. The number of hydrogen-bond acceptors (Lipinski definition) is 2. The van der Waals surface area contributed by atoms with Crippen molar-refractivity contribution < 1.29 is 9.13 Å². The zero-order valence-electron chi connectivity index (χ0n) is 8.95. The molecule has 0 saturated carbocycles. The highest BCUT2D eigenvalue weighted by molar-refractivity contribution is 9.10. The minimum atomic E-state index is -0.484. The quantitative estimate of drug-likeness (QED) is 0.743. The molecule has 0 amide bonds. The maximum Gasteiger partial charge on any atom is 0.165 e. The molecule has 0 aliphatic heterocycles. The molecule has 0 aliphatic rings. The van der Waals surface area contributed by atoms with Gasteiger partial charge >= 0.3 is 0 Å². The summed E-state index contributed by atoms with van der Waals surface area (Å²) < 4.78 is 20.4. The van der Waals surface area contributed by atoms with Crippen molar-refractivity contribution in [3.63, 3.8) is 0 Å². The maximum atomic E-state index is 13.6. The molecule has 2 aromatic rings. The highest BCUT2D eigenvalue weighted by atomic mass is 79.9. The Hall–Kier alpha value is -1.38. The predicted molar refractivity (Wildman–Crippen MR) is 73.0 cm³/mol. The van der Waals surface area contributed by atoms with Gasteiger partial charge in [0.1, 0.15) is 11.8 Å². The summed E-state index contributed by atoms with van der Waals surface area (Å²) in [6.45, 7) is 0. The summed E-state index contributed by atoms with van der Waals surface area (Å²) in [5.74, 6) is -0.107. The molecule has 90 valence electrons. The van der Waals surface area contributed by atoms with E-state index >= 15 is 0 Å². The number of nitrogens with zero attached hydrogens (tertiary/aromatic N) is 1. The van der Waals surface area contributed by atoms with Crippen LogP contribution in [-0.4, -0.2) is 0 Å². The second kappa shape index (κ2) is 5.51. The molecule has 0 unspecified atom stereocenters. The Morgan fingerprint density at radius 2 is 1.61 bits per heavy atom. The van der Waals surface area contributed by atoms with E-state index in [4.69, 9.17) is 10.00 Å². The van der Waals surface area contributed by atoms with Gasteiger partial charge in [0.05, 0.1) is 5.56 Å². The molecular weight excluding hydrogens is 365 g/mol. The Morgan fingerprint density at radius 1 is 1.00 bits per heavy atom. The lowest BCUT2D eigenvalue weighted by Crippen LogP contribution is -1.91. The monoisotopic (exact) mass is 369 g/mol. The Bertz CT molecular complexity index is 637. The topological polar surface area (TPSA) is 33.0 Å². The van der Waals surface area contributed by atoms with Crippen LogP contribution in [0.1, 0.15) is 5.56 Å². The molecule has 0 atom stereocenters. The lowest BCUT2D eigenvalue weighted by molar-refractivity contribution is 0.440. The van der Waals surface area contributed by atoms with E-state index in [0.717, 1.165) is 4.47 Å². The number of nitriles is 1. The molecule has 0 bridgehead atoms. The summed E-state index contributed by atoms with van der Waals surface area (Å²) in [6, 6.07) is 11.3. The van der Waals surface area contributed by atoms with Gasteiger partial charge in [0.15, 0.2) is 11.6 Å². The van der Waals surface area contributed by atoms with Gasteiger partial charge in [-0.25, -0.2) is 4.39 Å².